The van der Waals surface area contributed by atoms with Crippen molar-refractivity contribution < 1.29 is 23.0 Å². The largest absolute Gasteiger partial charge is 0.444 e. The van der Waals surface area contributed by atoms with E-state index in [9.17, 15) is 13.6 Å². The van der Waals surface area contributed by atoms with Crippen molar-refractivity contribution in [1.82, 2.24) is 4.90 Å². The molecular weight excluding hydrogens is 220 g/mol. The molecule has 1 fully saturated rings. The van der Waals surface area contributed by atoms with E-state index in [1.54, 1.807) is 20.8 Å². The Balaban J connectivity index is 2.34. The molecule has 1 aliphatic rings. The Labute approximate surface area is 93.5 Å². The van der Waals surface area contributed by atoms with Crippen molar-refractivity contribution in [3.05, 3.63) is 0 Å². The number of ether oxygens (including phenoxy) is 2. The van der Waals surface area contributed by atoms with E-state index in [0.717, 1.165) is 0 Å². The van der Waals surface area contributed by atoms with Gasteiger partial charge in [-0.05, 0) is 27.2 Å². The van der Waals surface area contributed by atoms with E-state index in [0.29, 0.717) is 13.0 Å². The summed E-state index contributed by atoms with van der Waals surface area (Å²) in [4.78, 5) is 13.0. The molecule has 0 saturated carbocycles. The molecule has 0 N–H and O–H groups in total. The predicted molar refractivity (Wildman–Crippen MR) is 53.3 cm³/mol. The number of halogens is 2. The molecule has 1 amide bonds. The van der Waals surface area contributed by atoms with E-state index in [-0.39, 0.29) is 12.6 Å². The van der Waals surface area contributed by atoms with Crippen molar-refractivity contribution in [2.45, 2.75) is 45.4 Å². The highest BCUT2D eigenvalue weighted by molar-refractivity contribution is 5.69. The van der Waals surface area contributed by atoms with Gasteiger partial charge in [-0.2, -0.15) is 8.78 Å². The summed E-state index contributed by atoms with van der Waals surface area (Å²) in [5, 5.41) is 0. The van der Waals surface area contributed by atoms with Crippen molar-refractivity contribution >= 4 is 6.09 Å². The van der Waals surface area contributed by atoms with Gasteiger partial charge >= 0.3 is 12.7 Å². The lowest BCUT2D eigenvalue weighted by molar-refractivity contribution is -0.149. The van der Waals surface area contributed by atoms with Crippen LogP contribution in [0.5, 0.6) is 0 Å². The Morgan fingerprint density at radius 3 is 2.50 bits per heavy atom. The molecule has 16 heavy (non-hydrogen) atoms. The minimum absolute atomic E-state index is 0.142. The first-order valence-electron chi connectivity index (χ1n) is 5.19. The van der Waals surface area contributed by atoms with Crippen molar-refractivity contribution in [2.75, 3.05) is 13.2 Å². The number of likely N-dealkylation sites (tertiary alicyclic amines) is 1. The van der Waals surface area contributed by atoms with Crippen LogP contribution in [0.1, 0.15) is 27.2 Å². The maximum absolute atomic E-state index is 11.8. The minimum atomic E-state index is -2.79. The summed E-state index contributed by atoms with van der Waals surface area (Å²) in [5.74, 6) is 0. The molecule has 1 rings (SSSR count). The van der Waals surface area contributed by atoms with Gasteiger partial charge in [-0.15, -0.1) is 0 Å². The molecule has 1 heterocycles. The third-order valence-electron chi connectivity index (χ3n) is 2.19. The second-order valence-electron chi connectivity index (χ2n) is 4.71. The summed E-state index contributed by atoms with van der Waals surface area (Å²) in [6.45, 7) is 2.88. The van der Waals surface area contributed by atoms with E-state index < -0.39 is 18.3 Å². The first-order chi connectivity index (χ1) is 7.29. The Hall–Kier alpha value is -0.910. The van der Waals surface area contributed by atoms with Crippen LogP contribution in [0.15, 0.2) is 0 Å². The summed E-state index contributed by atoms with van der Waals surface area (Å²) in [5.41, 5.74) is -0.569. The van der Waals surface area contributed by atoms with Crippen molar-refractivity contribution in [3.63, 3.8) is 0 Å². The fourth-order valence-corrected chi connectivity index (χ4v) is 1.36. The zero-order valence-electron chi connectivity index (χ0n) is 9.70. The highest BCUT2D eigenvalue weighted by Crippen LogP contribution is 2.21. The van der Waals surface area contributed by atoms with Gasteiger partial charge in [-0.3, -0.25) is 0 Å². The number of carbonyl (C=O) groups is 1. The van der Waals surface area contributed by atoms with Gasteiger partial charge < -0.3 is 14.4 Å². The van der Waals surface area contributed by atoms with E-state index in [2.05, 4.69) is 4.74 Å². The number of alkyl halides is 2. The molecular formula is C10H17F2NO3. The fraction of sp³-hybridized carbons (Fsp3) is 0.900. The van der Waals surface area contributed by atoms with E-state index in [4.69, 9.17) is 4.74 Å². The lowest BCUT2D eigenvalue weighted by atomic mass is 10.1. The molecule has 4 nitrogen and oxygen atoms in total. The number of rotatable bonds is 3. The SMILES string of the molecule is CC(C)(C)OC(=O)N1CCC1COC(F)F. The first kappa shape index (κ1) is 13.2. The van der Waals surface area contributed by atoms with Crippen LogP contribution in [0.3, 0.4) is 0 Å². The minimum Gasteiger partial charge on any atom is -0.444 e. The lowest BCUT2D eigenvalue weighted by Gasteiger charge is -2.40. The smallest absolute Gasteiger partial charge is 0.410 e. The molecule has 94 valence electrons. The Bertz CT molecular complexity index is 253. The summed E-state index contributed by atoms with van der Waals surface area (Å²) in [7, 11) is 0. The van der Waals surface area contributed by atoms with Gasteiger partial charge in [0.15, 0.2) is 0 Å². The molecule has 0 aromatic heterocycles. The predicted octanol–water partition coefficient (Wildman–Crippen LogP) is 2.24. The third kappa shape index (κ3) is 3.92. The third-order valence-corrected chi connectivity index (χ3v) is 2.19. The molecule has 6 heteroatoms. The quantitative estimate of drug-likeness (QED) is 0.755. The van der Waals surface area contributed by atoms with Gasteiger partial charge in [0, 0.05) is 6.54 Å². The normalized spacial score (nSPS) is 20.9. The van der Waals surface area contributed by atoms with Crippen molar-refractivity contribution in [2.24, 2.45) is 0 Å². The van der Waals surface area contributed by atoms with Gasteiger partial charge in [0.1, 0.15) is 5.60 Å². The van der Waals surface area contributed by atoms with E-state index in [1.807, 2.05) is 0 Å². The van der Waals surface area contributed by atoms with Crippen LogP contribution in [0.25, 0.3) is 0 Å². The van der Waals surface area contributed by atoms with Crippen LogP contribution in [0.4, 0.5) is 13.6 Å². The van der Waals surface area contributed by atoms with Crippen LogP contribution < -0.4 is 0 Å². The lowest BCUT2D eigenvalue weighted by Crippen LogP contribution is -2.54. The molecule has 1 atom stereocenters. The number of nitrogens with zero attached hydrogens (tertiary/aromatic N) is 1. The summed E-state index contributed by atoms with van der Waals surface area (Å²) < 4.78 is 32.9. The highest BCUT2D eigenvalue weighted by Gasteiger charge is 2.35. The van der Waals surface area contributed by atoms with E-state index in [1.165, 1.54) is 4.90 Å². The molecule has 1 saturated heterocycles. The highest BCUT2D eigenvalue weighted by atomic mass is 19.3. The van der Waals surface area contributed by atoms with Crippen molar-refractivity contribution in [1.29, 1.82) is 0 Å². The summed E-state index contributed by atoms with van der Waals surface area (Å²) in [6, 6.07) is -0.288. The van der Waals surface area contributed by atoms with Gasteiger partial charge in [0.2, 0.25) is 0 Å². The monoisotopic (exact) mass is 237 g/mol. The second-order valence-corrected chi connectivity index (χ2v) is 4.71. The molecule has 0 aromatic carbocycles. The van der Waals surface area contributed by atoms with Crippen LogP contribution in [0, 0.1) is 0 Å². The zero-order valence-corrected chi connectivity index (χ0v) is 9.70. The molecule has 0 aliphatic carbocycles. The Kier molecular flexibility index (Phi) is 4.07. The Morgan fingerprint density at radius 2 is 2.12 bits per heavy atom. The maximum atomic E-state index is 11.8. The van der Waals surface area contributed by atoms with Crippen LogP contribution >= 0.6 is 0 Å². The second kappa shape index (κ2) is 4.95. The molecule has 0 spiro atoms. The van der Waals surface area contributed by atoms with Gasteiger partial charge in [0.25, 0.3) is 0 Å². The standard InChI is InChI=1S/C10H17F2NO3/c1-10(2,3)16-9(14)13-5-4-7(13)6-15-8(11)12/h7-8H,4-6H2,1-3H3. The molecule has 1 unspecified atom stereocenters. The van der Waals surface area contributed by atoms with Crippen LogP contribution in [-0.4, -0.2) is 42.4 Å². The number of hydrogen-bond acceptors (Lipinski definition) is 3. The topological polar surface area (TPSA) is 38.8 Å². The molecule has 0 radical (unpaired) electrons. The average molecular weight is 237 g/mol. The van der Waals surface area contributed by atoms with Gasteiger partial charge in [-0.1, -0.05) is 0 Å². The summed E-state index contributed by atoms with van der Waals surface area (Å²) in [6.07, 6.45) is 0.202. The van der Waals surface area contributed by atoms with Gasteiger partial charge in [0.05, 0.1) is 12.6 Å². The Morgan fingerprint density at radius 1 is 1.50 bits per heavy atom. The van der Waals surface area contributed by atoms with Crippen LogP contribution in [0.2, 0.25) is 0 Å². The molecule has 0 bridgehead atoms. The maximum Gasteiger partial charge on any atom is 0.410 e. The molecule has 0 aromatic rings. The zero-order chi connectivity index (χ0) is 12.3. The van der Waals surface area contributed by atoms with Gasteiger partial charge in [-0.25, -0.2) is 4.79 Å². The molecule has 1 aliphatic heterocycles. The van der Waals surface area contributed by atoms with E-state index >= 15 is 0 Å². The average Bonchev–Trinajstić information content (AvgIpc) is 1.96. The number of amides is 1. The summed E-state index contributed by atoms with van der Waals surface area (Å²) >= 11 is 0. The fourth-order valence-electron chi connectivity index (χ4n) is 1.36. The number of carbonyl (C=O) groups excluding carboxylic acids is 1. The number of hydrogen-bond donors (Lipinski definition) is 0. The first-order valence-corrected chi connectivity index (χ1v) is 5.19. The van der Waals surface area contributed by atoms with Crippen molar-refractivity contribution in [3.8, 4) is 0 Å². The van der Waals surface area contributed by atoms with Crippen LogP contribution in [-0.2, 0) is 9.47 Å².